The Bertz CT molecular complexity index is 477. The van der Waals surface area contributed by atoms with Crippen molar-refractivity contribution in [3.8, 4) is 0 Å². The van der Waals surface area contributed by atoms with Gasteiger partial charge in [0.2, 0.25) is 0 Å². The summed E-state index contributed by atoms with van der Waals surface area (Å²) in [6, 6.07) is 20.7. The number of hydrogen-bond acceptors (Lipinski definition) is 1. The molecule has 1 nitrogen and oxygen atoms in total. The lowest BCUT2D eigenvalue weighted by atomic mass is 9.92. The third-order valence-corrected chi connectivity index (χ3v) is 2.69. The largest absolute Gasteiger partial charge is 0.322 e. The summed E-state index contributed by atoms with van der Waals surface area (Å²) in [7, 11) is 0. The van der Waals surface area contributed by atoms with Crippen molar-refractivity contribution in [3.05, 3.63) is 77.9 Å². The summed E-state index contributed by atoms with van der Waals surface area (Å²) in [5.41, 5.74) is 9.38. The van der Waals surface area contributed by atoms with Crippen molar-refractivity contribution in [3.63, 3.8) is 0 Å². The minimum absolute atomic E-state index is 0.332. The zero-order valence-corrected chi connectivity index (χ0v) is 10.9. The van der Waals surface area contributed by atoms with Crippen LogP contribution in [-0.4, -0.2) is 5.54 Å². The monoisotopic (exact) mass is 237 g/mol. The van der Waals surface area contributed by atoms with E-state index >= 15 is 0 Å². The minimum atomic E-state index is -0.332. The van der Waals surface area contributed by atoms with Crippen LogP contribution in [0, 0.1) is 0 Å². The Hall–Kier alpha value is -1.86. The van der Waals surface area contributed by atoms with E-state index in [0.717, 1.165) is 0 Å². The summed E-state index contributed by atoms with van der Waals surface area (Å²) in [4.78, 5) is 0. The highest BCUT2D eigenvalue weighted by Gasteiger charge is 2.11. The van der Waals surface area contributed by atoms with Gasteiger partial charge in [0.25, 0.3) is 0 Å². The van der Waals surface area contributed by atoms with E-state index in [1.165, 1.54) is 16.7 Å². The van der Waals surface area contributed by atoms with Gasteiger partial charge < -0.3 is 5.73 Å². The fourth-order valence-corrected chi connectivity index (χ4v) is 1.94. The van der Waals surface area contributed by atoms with Gasteiger partial charge in [0.05, 0.1) is 0 Å². The van der Waals surface area contributed by atoms with E-state index in [0.29, 0.717) is 0 Å². The van der Waals surface area contributed by atoms with Gasteiger partial charge in [-0.15, -0.1) is 0 Å². The third-order valence-electron chi connectivity index (χ3n) is 2.69. The highest BCUT2D eigenvalue weighted by Crippen LogP contribution is 2.25. The van der Waals surface area contributed by atoms with Crippen LogP contribution in [0.3, 0.4) is 0 Å². The molecule has 0 saturated carbocycles. The Morgan fingerprint density at radius 3 is 1.56 bits per heavy atom. The van der Waals surface area contributed by atoms with Gasteiger partial charge >= 0.3 is 0 Å². The normalized spacial score (nSPS) is 11.1. The lowest BCUT2D eigenvalue weighted by Crippen LogP contribution is -2.29. The highest BCUT2D eigenvalue weighted by molar-refractivity contribution is 5.80. The first-order valence-corrected chi connectivity index (χ1v) is 6.19. The summed E-state index contributed by atoms with van der Waals surface area (Å²) in [6.45, 7) is 4.03. The van der Waals surface area contributed by atoms with Gasteiger partial charge in [-0.3, -0.25) is 0 Å². The first kappa shape index (κ1) is 12.6. The number of nitrogens with two attached hydrogens (primary N) is 1. The van der Waals surface area contributed by atoms with E-state index < -0.39 is 0 Å². The molecular formula is C17H19N. The van der Waals surface area contributed by atoms with E-state index in [1.807, 2.05) is 26.0 Å². The minimum Gasteiger partial charge on any atom is -0.322 e. The molecule has 2 N–H and O–H groups in total. The average molecular weight is 237 g/mol. The maximum Gasteiger partial charge on any atom is 0.0290 e. The maximum atomic E-state index is 6.13. The smallest absolute Gasteiger partial charge is 0.0290 e. The molecule has 0 fully saturated rings. The summed E-state index contributed by atoms with van der Waals surface area (Å²) >= 11 is 0. The molecular weight excluding hydrogens is 218 g/mol. The van der Waals surface area contributed by atoms with Gasteiger partial charge in [-0.25, -0.2) is 0 Å². The molecule has 0 bridgehead atoms. The third kappa shape index (κ3) is 3.31. The van der Waals surface area contributed by atoms with Gasteiger partial charge in [0.1, 0.15) is 0 Å². The van der Waals surface area contributed by atoms with Crippen LogP contribution in [0.5, 0.6) is 0 Å². The van der Waals surface area contributed by atoms with Crippen molar-refractivity contribution < 1.29 is 0 Å². The molecule has 1 heteroatoms. The van der Waals surface area contributed by atoms with E-state index in [9.17, 15) is 0 Å². The Morgan fingerprint density at radius 2 is 1.22 bits per heavy atom. The summed E-state index contributed by atoms with van der Waals surface area (Å²) < 4.78 is 0. The molecule has 0 aliphatic rings. The second kappa shape index (κ2) is 5.19. The molecule has 0 radical (unpaired) electrons. The molecule has 2 rings (SSSR count). The lowest BCUT2D eigenvalue weighted by Gasteiger charge is -2.17. The summed E-state index contributed by atoms with van der Waals surface area (Å²) in [5, 5.41) is 0. The average Bonchev–Trinajstić information content (AvgIpc) is 2.37. The molecule has 92 valence electrons. The van der Waals surface area contributed by atoms with E-state index in [1.54, 1.807) is 0 Å². The lowest BCUT2D eigenvalue weighted by molar-refractivity contribution is 0.656. The molecule has 0 spiro atoms. The van der Waals surface area contributed by atoms with Gasteiger partial charge in [-0.1, -0.05) is 66.7 Å². The van der Waals surface area contributed by atoms with Crippen molar-refractivity contribution in [2.45, 2.75) is 19.4 Å². The zero-order valence-electron chi connectivity index (χ0n) is 10.9. The van der Waals surface area contributed by atoms with Gasteiger partial charge in [0.15, 0.2) is 0 Å². The first-order chi connectivity index (χ1) is 8.56. The standard InChI is InChI=1S/C17H19N/c1-17(2,18)13-16(14-9-5-3-6-10-14)15-11-7-4-8-12-15/h3-13H,18H2,1-2H3. The fraction of sp³-hybridized carbons (Fsp3) is 0.176. The first-order valence-electron chi connectivity index (χ1n) is 6.19. The van der Waals surface area contributed by atoms with Gasteiger partial charge in [0, 0.05) is 5.54 Å². The molecule has 0 heterocycles. The molecule has 0 aliphatic carbocycles. The van der Waals surface area contributed by atoms with Crippen LogP contribution in [-0.2, 0) is 0 Å². The van der Waals surface area contributed by atoms with Gasteiger partial charge in [-0.05, 0) is 30.5 Å². The highest BCUT2D eigenvalue weighted by atomic mass is 14.7. The second-order valence-electron chi connectivity index (χ2n) is 5.11. The molecule has 0 saturated heterocycles. The van der Waals surface area contributed by atoms with Crippen LogP contribution in [0.15, 0.2) is 66.7 Å². The van der Waals surface area contributed by atoms with Crippen LogP contribution in [0.1, 0.15) is 25.0 Å². The van der Waals surface area contributed by atoms with Crippen LogP contribution >= 0.6 is 0 Å². The summed E-state index contributed by atoms with van der Waals surface area (Å²) in [5.74, 6) is 0. The molecule has 2 aromatic rings. The van der Waals surface area contributed by atoms with Crippen molar-refractivity contribution in [2.75, 3.05) is 0 Å². The zero-order chi connectivity index (χ0) is 13.0. The number of hydrogen-bond donors (Lipinski definition) is 1. The van der Waals surface area contributed by atoms with Crippen molar-refractivity contribution in [2.24, 2.45) is 5.73 Å². The molecule has 0 aromatic heterocycles. The van der Waals surface area contributed by atoms with E-state index in [2.05, 4.69) is 54.6 Å². The van der Waals surface area contributed by atoms with Crippen molar-refractivity contribution >= 4 is 5.57 Å². The fourth-order valence-electron chi connectivity index (χ4n) is 1.94. The quantitative estimate of drug-likeness (QED) is 0.862. The molecule has 2 aromatic carbocycles. The predicted octanol–water partition coefficient (Wildman–Crippen LogP) is 3.86. The van der Waals surface area contributed by atoms with E-state index in [4.69, 9.17) is 5.73 Å². The molecule has 0 unspecified atom stereocenters. The van der Waals surface area contributed by atoms with Gasteiger partial charge in [-0.2, -0.15) is 0 Å². The second-order valence-corrected chi connectivity index (χ2v) is 5.11. The molecule has 0 aliphatic heterocycles. The maximum absolute atomic E-state index is 6.13. The number of benzene rings is 2. The molecule has 18 heavy (non-hydrogen) atoms. The van der Waals surface area contributed by atoms with Crippen LogP contribution in [0.2, 0.25) is 0 Å². The molecule has 0 atom stereocenters. The Labute approximate surface area is 109 Å². The van der Waals surface area contributed by atoms with Crippen molar-refractivity contribution in [1.29, 1.82) is 0 Å². The van der Waals surface area contributed by atoms with Crippen LogP contribution < -0.4 is 5.73 Å². The number of rotatable bonds is 3. The SMILES string of the molecule is CC(C)(N)C=C(c1ccccc1)c1ccccc1. The predicted molar refractivity (Wildman–Crippen MR) is 78.2 cm³/mol. The Balaban J connectivity index is 2.53. The topological polar surface area (TPSA) is 26.0 Å². The van der Waals surface area contributed by atoms with E-state index in [-0.39, 0.29) is 5.54 Å². The molecule has 0 amide bonds. The van der Waals surface area contributed by atoms with Crippen LogP contribution in [0.25, 0.3) is 5.57 Å². The Morgan fingerprint density at radius 1 is 0.833 bits per heavy atom. The van der Waals surface area contributed by atoms with Crippen molar-refractivity contribution in [1.82, 2.24) is 0 Å². The Kier molecular flexibility index (Phi) is 3.63. The summed E-state index contributed by atoms with van der Waals surface area (Å²) in [6.07, 6.45) is 2.12. The van der Waals surface area contributed by atoms with Crippen LogP contribution in [0.4, 0.5) is 0 Å².